The summed E-state index contributed by atoms with van der Waals surface area (Å²) in [5.74, 6) is 0.765. The Labute approximate surface area is 81.9 Å². The molecule has 68 valence electrons. The molecule has 0 spiro atoms. The van der Waals surface area contributed by atoms with Gasteiger partial charge in [-0.15, -0.1) is 0 Å². The fourth-order valence-corrected chi connectivity index (χ4v) is 1.38. The van der Waals surface area contributed by atoms with Gasteiger partial charge in [0.05, 0.1) is 5.69 Å². The highest BCUT2D eigenvalue weighted by Crippen LogP contribution is 2.31. The summed E-state index contributed by atoms with van der Waals surface area (Å²) < 4.78 is 5.54. The summed E-state index contributed by atoms with van der Waals surface area (Å²) in [7, 11) is 0. The lowest BCUT2D eigenvalue weighted by Gasteiger charge is -2.25. The normalized spacial score (nSPS) is 20.1. The molecule has 2 rings (SSSR count). The smallest absolute Gasteiger partial charge is 0.146 e. The van der Waals surface area contributed by atoms with Gasteiger partial charge in [-0.25, -0.2) is 0 Å². The third kappa shape index (κ3) is 1.45. The highest BCUT2D eigenvalue weighted by atomic mass is 32.1. The minimum atomic E-state index is -0.0794. The first-order valence-electron chi connectivity index (χ1n) is 4.04. The van der Waals surface area contributed by atoms with Crippen molar-refractivity contribution in [2.24, 2.45) is 0 Å². The maximum atomic E-state index is 5.62. The van der Waals surface area contributed by atoms with Crippen molar-refractivity contribution in [1.82, 2.24) is 0 Å². The van der Waals surface area contributed by atoms with Gasteiger partial charge in [0.15, 0.2) is 0 Å². The zero-order valence-corrected chi connectivity index (χ0v) is 8.02. The van der Waals surface area contributed by atoms with E-state index in [1.807, 2.05) is 19.1 Å². The summed E-state index contributed by atoms with van der Waals surface area (Å²) in [5.41, 5.74) is 7.20. The van der Waals surface area contributed by atoms with Crippen LogP contribution in [0.3, 0.4) is 0 Å². The van der Waals surface area contributed by atoms with Gasteiger partial charge in [0.2, 0.25) is 0 Å². The van der Waals surface area contributed by atoms with Crippen LogP contribution in [0.1, 0.15) is 6.92 Å². The molecule has 1 aromatic rings. The first-order valence-corrected chi connectivity index (χ1v) is 4.44. The molecule has 0 saturated carbocycles. The van der Waals surface area contributed by atoms with Gasteiger partial charge in [0, 0.05) is 11.8 Å². The third-order valence-corrected chi connectivity index (χ3v) is 2.37. The van der Waals surface area contributed by atoms with Crippen molar-refractivity contribution in [1.29, 1.82) is 0 Å². The van der Waals surface area contributed by atoms with Crippen molar-refractivity contribution in [2.75, 3.05) is 11.1 Å². The second kappa shape index (κ2) is 2.88. The summed E-state index contributed by atoms with van der Waals surface area (Å²) in [5, 5.41) is 3.09. The van der Waals surface area contributed by atoms with E-state index in [1.165, 1.54) is 0 Å². The molecule has 3 nitrogen and oxygen atoms in total. The van der Waals surface area contributed by atoms with Crippen LogP contribution in [-0.4, -0.2) is 11.1 Å². The first-order chi connectivity index (χ1) is 6.16. The average Bonchev–Trinajstić information content (AvgIpc) is 2.08. The van der Waals surface area contributed by atoms with E-state index in [1.54, 1.807) is 6.07 Å². The topological polar surface area (TPSA) is 47.3 Å². The zero-order chi connectivity index (χ0) is 9.42. The Morgan fingerprint density at radius 1 is 1.54 bits per heavy atom. The van der Waals surface area contributed by atoms with Crippen molar-refractivity contribution < 1.29 is 4.74 Å². The molecule has 1 unspecified atom stereocenters. The van der Waals surface area contributed by atoms with E-state index < -0.39 is 0 Å². The number of benzene rings is 1. The number of anilines is 2. The fraction of sp³-hybridized carbons (Fsp3) is 0.222. The van der Waals surface area contributed by atoms with Crippen LogP contribution in [-0.2, 0) is 0 Å². The number of hydrogen-bond donors (Lipinski definition) is 2. The van der Waals surface area contributed by atoms with Crippen LogP contribution in [0.4, 0.5) is 11.4 Å². The van der Waals surface area contributed by atoms with Gasteiger partial charge in [0.25, 0.3) is 0 Å². The highest BCUT2D eigenvalue weighted by Gasteiger charge is 2.19. The number of nitrogens with two attached hydrogens (primary N) is 1. The van der Waals surface area contributed by atoms with Gasteiger partial charge in [-0.2, -0.15) is 0 Å². The van der Waals surface area contributed by atoms with E-state index in [9.17, 15) is 0 Å². The second-order valence-corrected chi connectivity index (χ2v) is 3.44. The highest BCUT2D eigenvalue weighted by molar-refractivity contribution is 7.80. The SMILES string of the molecule is CC1Oc2cc(N)ccc2NC1=S. The lowest BCUT2D eigenvalue weighted by molar-refractivity contribution is 0.286. The van der Waals surface area contributed by atoms with Crippen LogP contribution in [0.15, 0.2) is 18.2 Å². The van der Waals surface area contributed by atoms with Crippen molar-refractivity contribution >= 4 is 28.6 Å². The Morgan fingerprint density at radius 2 is 2.31 bits per heavy atom. The van der Waals surface area contributed by atoms with Crippen LogP contribution in [0, 0.1) is 0 Å². The minimum Gasteiger partial charge on any atom is -0.481 e. The lowest BCUT2D eigenvalue weighted by Crippen LogP contribution is -2.32. The Hall–Kier alpha value is -1.29. The van der Waals surface area contributed by atoms with E-state index in [0.29, 0.717) is 10.7 Å². The van der Waals surface area contributed by atoms with Gasteiger partial charge in [-0.1, -0.05) is 12.2 Å². The number of ether oxygens (including phenoxy) is 1. The third-order valence-electron chi connectivity index (χ3n) is 1.94. The van der Waals surface area contributed by atoms with Gasteiger partial charge >= 0.3 is 0 Å². The number of nitrogens with one attached hydrogen (secondary N) is 1. The molecule has 1 aliphatic heterocycles. The Bertz CT molecular complexity index is 365. The fourth-order valence-electron chi connectivity index (χ4n) is 1.22. The van der Waals surface area contributed by atoms with Crippen LogP contribution in [0.25, 0.3) is 0 Å². The predicted molar refractivity (Wildman–Crippen MR) is 57.2 cm³/mol. The van der Waals surface area contributed by atoms with Gasteiger partial charge in [-0.05, 0) is 19.1 Å². The summed E-state index contributed by atoms with van der Waals surface area (Å²) in [6.45, 7) is 1.90. The molecule has 0 aliphatic carbocycles. The van der Waals surface area contributed by atoms with Crippen LogP contribution in [0.2, 0.25) is 0 Å². The quantitative estimate of drug-likeness (QED) is 0.488. The monoisotopic (exact) mass is 194 g/mol. The van der Waals surface area contributed by atoms with Crippen molar-refractivity contribution in [3.05, 3.63) is 18.2 Å². The predicted octanol–water partition coefficient (Wildman–Crippen LogP) is 1.79. The van der Waals surface area contributed by atoms with E-state index in [4.69, 9.17) is 22.7 Å². The molecule has 13 heavy (non-hydrogen) atoms. The standard InChI is InChI=1S/C9H10N2OS/c1-5-9(13)11-7-3-2-6(10)4-8(7)12-5/h2-5H,10H2,1H3,(H,11,13). The molecule has 4 heteroatoms. The molecule has 0 radical (unpaired) electrons. The summed E-state index contributed by atoms with van der Waals surface area (Å²) in [6, 6.07) is 5.47. The summed E-state index contributed by atoms with van der Waals surface area (Å²) in [4.78, 5) is 0.706. The van der Waals surface area contributed by atoms with Crippen LogP contribution >= 0.6 is 12.2 Å². The first kappa shape index (κ1) is 8.31. The molecule has 0 aromatic heterocycles. The van der Waals surface area contributed by atoms with Crippen LogP contribution in [0.5, 0.6) is 5.75 Å². The van der Waals surface area contributed by atoms with Gasteiger partial charge < -0.3 is 15.8 Å². The van der Waals surface area contributed by atoms with Crippen molar-refractivity contribution in [3.8, 4) is 5.75 Å². The molecule has 0 bridgehead atoms. The van der Waals surface area contributed by atoms with Crippen molar-refractivity contribution in [2.45, 2.75) is 13.0 Å². The number of hydrogen-bond acceptors (Lipinski definition) is 3. The molecule has 0 saturated heterocycles. The largest absolute Gasteiger partial charge is 0.481 e. The van der Waals surface area contributed by atoms with Crippen molar-refractivity contribution in [3.63, 3.8) is 0 Å². The van der Waals surface area contributed by atoms with Crippen LogP contribution < -0.4 is 15.8 Å². The Kier molecular flexibility index (Phi) is 1.84. The number of nitrogen functional groups attached to an aromatic ring is 1. The molecule has 1 atom stereocenters. The number of fused-ring (bicyclic) bond motifs is 1. The second-order valence-electron chi connectivity index (χ2n) is 3.00. The number of thiocarbonyl (C=S) groups is 1. The molecule has 1 aliphatic rings. The van der Waals surface area contributed by atoms with E-state index >= 15 is 0 Å². The molecule has 1 aromatic carbocycles. The molecule has 3 N–H and O–H groups in total. The van der Waals surface area contributed by atoms with E-state index in [2.05, 4.69) is 5.32 Å². The summed E-state index contributed by atoms with van der Waals surface area (Å²) >= 11 is 5.07. The zero-order valence-electron chi connectivity index (χ0n) is 7.20. The Morgan fingerprint density at radius 3 is 3.08 bits per heavy atom. The molecule has 0 fully saturated rings. The average molecular weight is 194 g/mol. The number of rotatable bonds is 0. The molecule has 0 amide bonds. The van der Waals surface area contributed by atoms with E-state index in [-0.39, 0.29) is 6.10 Å². The molecular formula is C9H10N2OS. The van der Waals surface area contributed by atoms with E-state index in [0.717, 1.165) is 11.4 Å². The lowest BCUT2D eigenvalue weighted by atomic mass is 10.2. The summed E-state index contributed by atoms with van der Waals surface area (Å²) in [6.07, 6.45) is -0.0794. The minimum absolute atomic E-state index is 0.0794. The maximum Gasteiger partial charge on any atom is 0.146 e. The van der Waals surface area contributed by atoms with Gasteiger partial charge in [0.1, 0.15) is 16.8 Å². The molecular weight excluding hydrogens is 184 g/mol. The van der Waals surface area contributed by atoms with Gasteiger partial charge in [-0.3, -0.25) is 0 Å². The molecule has 1 heterocycles. The maximum absolute atomic E-state index is 5.62. The Balaban J connectivity index is 2.42.